The molecule has 0 unspecified atom stereocenters. The van der Waals surface area contributed by atoms with Gasteiger partial charge in [0.15, 0.2) is 4.34 Å². The summed E-state index contributed by atoms with van der Waals surface area (Å²) in [6, 6.07) is 17.0. The molecule has 0 saturated heterocycles. The summed E-state index contributed by atoms with van der Waals surface area (Å²) >= 11 is 3.17. The van der Waals surface area contributed by atoms with Crippen LogP contribution < -0.4 is 10.2 Å². The van der Waals surface area contributed by atoms with Gasteiger partial charge >= 0.3 is 0 Å². The van der Waals surface area contributed by atoms with Crippen LogP contribution in [0.2, 0.25) is 0 Å². The highest BCUT2D eigenvalue weighted by molar-refractivity contribution is 8.00. The number of amides is 1. The fourth-order valence-electron chi connectivity index (χ4n) is 2.99. The van der Waals surface area contributed by atoms with Gasteiger partial charge in [0.2, 0.25) is 0 Å². The minimum absolute atomic E-state index is 0.267. The molecular formula is C23H21N5O2S2. The van der Waals surface area contributed by atoms with E-state index in [1.54, 1.807) is 48.6 Å². The molecule has 2 heterocycles. The lowest BCUT2D eigenvalue weighted by molar-refractivity contribution is 0.0955. The van der Waals surface area contributed by atoms with E-state index in [9.17, 15) is 4.79 Å². The molecule has 0 fully saturated rings. The topological polar surface area (TPSA) is 81.4 Å². The summed E-state index contributed by atoms with van der Waals surface area (Å²) in [5.74, 6) is 1.22. The Kier molecular flexibility index (Phi) is 6.98. The number of ether oxygens (including phenoxy) is 1. The van der Waals surface area contributed by atoms with Gasteiger partial charge in [0.1, 0.15) is 10.8 Å². The molecule has 9 heteroatoms. The largest absolute Gasteiger partial charge is 0.496 e. The average Bonchev–Trinajstić information content (AvgIpc) is 3.50. The van der Waals surface area contributed by atoms with Crippen LogP contribution in [0.25, 0.3) is 5.69 Å². The van der Waals surface area contributed by atoms with Crippen LogP contribution in [-0.2, 0) is 5.75 Å². The van der Waals surface area contributed by atoms with Crippen molar-refractivity contribution in [2.75, 3.05) is 7.11 Å². The summed E-state index contributed by atoms with van der Waals surface area (Å²) in [5.41, 5.74) is 5.98. The zero-order valence-electron chi connectivity index (χ0n) is 17.6. The normalized spacial score (nSPS) is 11.1. The van der Waals surface area contributed by atoms with Gasteiger partial charge in [-0.3, -0.25) is 4.79 Å². The van der Waals surface area contributed by atoms with Crippen LogP contribution in [0.15, 0.2) is 76.4 Å². The first-order chi connectivity index (χ1) is 15.6. The van der Waals surface area contributed by atoms with Gasteiger partial charge in [-0.25, -0.2) is 5.43 Å². The zero-order valence-corrected chi connectivity index (χ0v) is 19.2. The standard InChI is InChI=1S/C23H21N5O2S2/c1-16-25-27-23(32-16)31-15-19-13-17(5-10-21(19)30-2)14-24-26-22(29)18-6-8-20(9-7-18)28-11-3-4-12-28/h3-14H,15H2,1-2H3,(H,26,29)/b24-14-. The van der Waals surface area contributed by atoms with Crippen molar-refractivity contribution in [3.8, 4) is 11.4 Å². The molecule has 7 nitrogen and oxygen atoms in total. The number of hydrazone groups is 1. The van der Waals surface area contributed by atoms with E-state index < -0.39 is 0 Å². The number of benzene rings is 2. The maximum Gasteiger partial charge on any atom is 0.271 e. The van der Waals surface area contributed by atoms with E-state index in [4.69, 9.17) is 4.74 Å². The highest BCUT2D eigenvalue weighted by Crippen LogP contribution is 2.30. The number of methoxy groups -OCH3 is 1. The summed E-state index contributed by atoms with van der Waals surface area (Å²) in [7, 11) is 1.65. The van der Waals surface area contributed by atoms with Gasteiger partial charge < -0.3 is 9.30 Å². The third kappa shape index (κ3) is 5.43. The maximum atomic E-state index is 12.4. The van der Waals surface area contributed by atoms with Crippen LogP contribution in [0.1, 0.15) is 26.5 Å². The van der Waals surface area contributed by atoms with E-state index in [0.717, 1.165) is 31.9 Å². The third-order valence-corrected chi connectivity index (χ3v) is 6.60. The predicted molar refractivity (Wildman–Crippen MR) is 128 cm³/mol. The molecular weight excluding hydrogens is 442 g/mol. The molecule has 32 heavy (non-hydrogen) atoms. The molecule has 0 atom stereocenters. The molecule has 2 aromatic heterocycles. The first kappa shape index (κ1) is 21.8. The lowest BCUT2D eigenvalue weighted by Crippen LogP contribution is -2.17. The van der Waals surface area contributed by atoms with Crippen LogP contribution in [0, 0.1) is 6.92 Å². The van der Waals surface area contributed by atoms with Gasteiger partial charge in [-0.05, 0) is 67.1 Å². The molecule has 0 aliphatic carbocycles. The van der Waals surface area contributed by atoms with Crippen molar-refractivity contribution in [2.45, 2.75) is 17.0 Å². The number of nitrogens with one attached hydrogen (secondary N) is 1. The van der Waals surface area contributed by atoms with E-state index in [1.807, 2.05) is 66.3 Å². The van der Waals surface area contributed by atoms with Gasteiger partial charge in [0.25, 0.3) is 5.91 Å². The third-order valence-electron chi connectivity index (χ3n) is 4.57. The second kappa shape index (κ2) is 10.3. The molecule has 0 saturated carbocycles. The Morgan fingerprint density at radius 2 is 1.97 bits per heavy atom. The highest BCUT2D eigenvalue weighted by atomic mass is 32.2. The smallest absolute Gasteiger partial charge is 0.271 e. The van der Waals surface area contributed by atoms with Gasteiger partial charge in [-0.15, -0.1) is 10.2 Å². The molecule has 4 rings (SSSR count). The van der Waals surface area contributed by atoms with E-state index in [0.29, 0.717) is 11.3 Å². The molecule has 162 valence electrons. The van der Waals surface area contributed by atoms with Crippen LogP contribution >= 0.6 is 23.1 Å². The molecule has 2 aromatic carbocycles. The minimum Gasteiger partial charge on any atom is -0.496 e. The van der Waals surface area contributed by atoms with Gasteiger partial charge in [-0.1, -0.05) is 23.1 Å². The molecule has 4 aromatic rings. The number of rotatable bonds is 8. The molecule has 0 aliphatic rings. The molecule has 0 radical (unpaired) electrons. The quantitative estimate of drug-likeness (QED) is 0.233. The predicted octanol–water partition coefficient (Wildman–Crippen LogP) is 4.70. The Morgan fingerprint density at radius 3 is 2.66 bits per heavy atom. The van der Waals surface area contributed by atoms with Crippen molar-refractivity contribution >= 4 is 35.2 Å². The summed E-state index contributed by atoms with van der Waals surface area (Å²) in [4.78, 5) is 12.4. The lowest BCUT2D eigenvalue weighted by atomic mass is 10.1. The van der Waals surface area contributed by atoms with E-state index in [1.165, 1.54) is 0 Å². The number of thioether (sulfide) groups is 1. The summed E-state index contributed by atoms with van der Waals surface area (Å²) in [6.45, 7) is 1.93. The summed E-state index contributed by atoms with van der Waals surface area (Å²) < 4.78 is 8.36. The van der Waals surface area contributed by atoms with Crippen LogP contribution in [-0.4, -0.2) is 34.0 Å². The first-order valence-corrected chi connectivity index (χ1v) is 11.6. The fourth-order valence-corrected chi connectivity index (χ4v) is 4.78. The Morgan fingerprint density at radius 1 is 1.19 bits per heavy atom. The summed E-state index contributed by atoms with van der Waals surface area (Å²) in [6.07, 6.45) is 5.53. The van der Waals surface area contributed by atoms with Crippen LogP contribution in [0.4, 0.5) is 0 Å². The Bertz CT molecular complexity index is 1220. The number of aryl methyl sites for hydroxylation is 1. The Balaban J connectivity index is 1.38. The number of hydrogen-bond acceptors (Lipinski definition) is 7. The molecule has 0 aliphatic heterocycles. The van der Waals surface area contributed by atoms with Gasteiger partial charge in [-0.2, -0.15) is 5.10 Å². The SMILES string of the molecule is COc1ccc(/C=N\NC(=O)c2ccc(-n3cccc3)cc2)cc1CSc1nnc(C)s1. The monoisotopic (exact) mass is 463 g/mol. The van der Waals surface area contributed by atoms with E-state index >= 15 is 0 Å². The van der Waals surface area contributed by atoms with Crippen molar-refractivity contribution in [3.63, 3.8) is 0 Å². The zero-order chi connectivity index (χ0) is 22.3. The highest BCUT2D eigenvalue weighted by Gasteiger charge is 2.08. The number of carbonyl (C=O) groups is 1. The molecule has 1 N–H and O–H groups in total. The Hall–Kier alpha value is -3.43. The number of carbonyl (C=O) groups excluding carboxylic acids is 1. The fraction of sp³-hybridized carbons (Fsp3) is 0.130. The van der Waals surface area contributed by atoms with E-state index in [-0.39, 0.29) is 5.91 Å². The molecule has 0 bridgehead atoms. The summed E-state index contributed by atoms with van der Waals surface area (Å²) in [5, 5.41) is 13.2. The number of nitrogens with zero attached hydrogens (tertiary/aromatic N) is 4. The Labute approximate surface area is 194 Å². The van der Waals surface area contributed by atoms with E-state index in [2.05, 4.69) is 20.7 Å². The number of aromatic nitrogens is 3. The van der Waals surface area contributed by atoms with Crippen molar-refractivity contribution in [3.05, 3.63) is 88.7 Å². The molecule has 0 spiro atoms. The maximum absolute atomic E-state index is 12.4. The van der Waals surface area contributed by atoms with Gasteiger partial charge in [0.05, 0.1) is 13.3 Å². The van der Waals surface area contributed by atoms with Crippen molar-refractivity contribution in [1.29, 1.82) is 0 Å². The first-order valence-electron chi connectivity index (χ1n) is 9.79. The average molecular weight is 464 g/mol. The number of hydrogen-bond donors (Lipinski definition) is 1. The van der Waals surface area contributed by atoms with Crippen molar-refractivity contribution in [1.82, 2.24) is 20.2 Å². The van der Waals surface area contributed by atoms with Crippen molar-refractivity contribution < 1.29 is 9.53 Å². The second-order valence-corrected chi connectivity index (χ2v) is 9.19. The second-order valence-electron chi connectivity index (χ2n) is 6.78. The van der Waals surface area contributed by atoms with Crippen LogP contribution in [0.3, 0.4) is 0 Å². The molecule has 1 amide bonds. The van der Waals surface area contributed by atoms with Crippen molar-refractivity contribution in [2.24, 2.45) is 5.10 Å². The van der Waals surface area contributed by atoms with Gasteiger partial charge in [0, 0.05) is 35.0 Å². The minimum atomic E-state index is -0.267. The lowest BCUT2D eigenvalue weighted by Gasteiger charge is -2.08. The van der Waals surface area contributed by atoms with Crippen LogP contribution in [0.5, 0.6) is 5.75 Å².